The van der Waals surface area contributed by atoms with Crippen LogP contribution in [-0.4, -0.2) is 11.5 Å². The van der Waals surface area contributed by atoms with Crippen LogP contribution < -0.4 is 5.32 Å². The lowest BCUT2D eigenvalue weighted by molar-refractivity contribution is 0.483. The molecule has 2 rings (SSSR count). The van der Waals surface area contributed by atoms with Crippen LogP contribution in [0.15, 0.2) is 18.5 Å². The molecular formula is C14H22N2. The second kappa shape index (κ2) is 5.88. The predicted molar refractivity (Wildman–Crippen MR) is 68.7 cm³/mol. The van der Waals surface area contributed by atoms with E-state index in [9.17, 15) is 0 Å². The van der Waals surface area contributed by atoms with Crippen LogP contribution in [0, 0.1) is 12.8 Å². The van der Waals surface area contributed by atoms with Gasteiger partial charge in [-0.05, 0) is 37.3 Å². The van der Waals surface area contributed by atoms with Gasteiger partial charge in [0.05, 0.1) is 5.69 Å². The molecule has 1 aromatic heterocycles. The van der Waals surface area contributed by atoms with Crippen molar-refractivity contribution in [2.24, 2.45) is 5.92 Å². The molecule has 1 heterocycles. The lowest BCUT2D eigenvalue weighted by atomic mass is 10.0. The minimum absolute atomic E-state index is 0.864. The maximum Gasteiger partial charge on any atom is 0.0529 e. The first kappa shape index (κ1) is 11.4. The predicted octanol–water partition coefficient (Wildman–Crippen LogP) is 3.77. The zero-order chi connectivity index (χ0) is 11.2. The first-order valence-corrected chi connectivity index (χ1v) is 6.50. The van der Waals surface area contributed by atoms with E-state index < -0.39 is 0 Å². The van der Waals surface area contributed by atoms with Crippen molar-refractivity contribution in [3.63, 3.8) is 0 Å². The van der Waals surface area contributed by atoms with Gasteiger partial charge in [0.1, 0.15) is 0 Å². The molecule has 0 aromatic carbocycles. The molecule has 0 atom stereocenters. The van der Waals surface area contributed by atoms with Gasteiger partial charge in [-0.3, -0.25) is 4.98 Å². The van der Waals surface area contributed by atoms with Crippen LogP contribution in [0.5, 0.6) is 0 Å². The van der Waals surface area contributed by atoms with E-state index in [1.54, 1.807) is 0 Å². The van der Waals surface area contributed by atoms with Gasteiger partial charge in [-0.25, -0.2) is 0 Å². The highest BCUT2D eigenvalue weighted by molar-refractivity contribution is 5.42. The lowest BCUT2D eigenvalue weighted by Crippen LogP contribution is -2.13. The molecule has 0 aliphatic heterocycles. The summed E-state index contributed by atoms with van der Waals surface area (Å²) in [6.07, 6.45) is 12.3. The average molecular weight is 218 g/mol. The van der Waals surface area contributed by atoms with Crippen LogP contribution in [0.2, 0.25) is 0 Å². The summed E-state index contributed by atoms with van der Waals surface area (Å²) < 4.78 is 0. The summed E-state index contributed by atoms with van der Waals surface area (Å²) in [5.74, 6) is 0.864. The van der Waals surface area contributed by atoms with Crippen LogP contribution in [0.1, 0.15) is 44.1 Å². The number of aryl methyl sites for hydroxylation is 1. The number of nitrogens with one attached hydrogen (secondary N) is 1. The van der Waals surface area contributed by atoms with E-state index in [4.69, 9.17) is 0 Å². The third-order valence-electron chi connectivity index (χ3n) is 3.44. The molecule has 1 N–H and O–H groups in total. The number of hydrogen-bond acceptors (Lipinski definition) is 2. The van der Waals surface area contributed by atoms with Crippen molar-refractivity contribution in [3.05, 3.63) is 24.0 Å². The maximum atomic E-state index is 4.20. The summed E-state index contributed by atoms with van der Waals surface area (Å²) in [7, 11) is 0. The third-order valence-corrected chi connectivity index (χ3v) is 3.44. The zero-order valence-electron chi connectivity index (χ0n) is 10.2. The highest BCUT2D eigenvalue weighted by Crippen LogP contribution is 2.23. The molecule has 2 heteroatoms. The summed E-state index contributed by atoms with van der Waals surface area (Å²) >= 11 is 0. The van der Waals surface area contributed by atoms with Crippen molar-refractivity contribution in [2.75, 3.05) is 11.9 Å². The quantitative estimate of drug-likeness (QED) is 0.781. The number of nitrogens with zero attached hydrogens (tertiary/aromatic N) is 1. The average Bonchev–Trinajstić information content (AvgIpc) is 2.55. The van der Waals surface area contributed by atoms with Crippen LogP contribution in [-0.2, 0) is 0 Å². The Morgan fingerprint density at radius 1 is 1.19 bits per heavy atom. The molecule has 2 nitrogen and oxygen atoms in total. The van der Waals surface area contributed by atoms with Gasteiger partial charge in [0.2, 0.25) is 0 Å². The smallest absolute Gasteiger partial charge is 0.0529 e. The topological polar surface area (TPSA) is 24.9 Å². The Labute approximate surface area is 98.5 Å². The van der Waals surface area contributed by atoms with Crippen LogP contribution in [0.3, 0.4) is 0 Å². The molecule has 1 aromatic rings. The number of hydrogen-bond donors (Lipinski definition) is 1. The van der Waals surface area contributed by atoms with E-state index in [0.717, 1.165) is 12.5 Å². The number of anilines is 1. The Bertz CT molecular complexity index is 314. The van der Waals surface area contributed by atoms with E-state index in [1.165, 1.54) is 49.8 Å². The standard InChI is InChI=1S/C14H22N2/c1-12-8-14(11-15-9-12)16-10-13-6-4-2-3-5-7-13/h8-9,11,13,16H,2-7,10H2,1H3. The van der Waals surface area contributed by atoms with Gasteiger partial charge in [0.25, 0.3) is 0 Å². The SMILES string of the molecule is Cc1cncc(NCC2CCCCCC2)c1. The Morgan fingerprint density at radius 3 is 2.62 bits per heavy atom. The van der Waals surface area contributed by atoms with Crippen molar-refractivity contribution in [2.45, 2.75) is 45.4 Å². The molecule has 1 saturated carbocycles. The van der Waals surface area contributed by atoms with Crippen LogP contribution in [0.25, 0.3) is 0 Å². The van der Waals surface area contributed by atoms with Gasteiger partial charge in [0.15, 0.2) is 0 Å². The fourth-order valence-corrected chi connectivity index (χ4v) is 2.48. The Morgan fingerprint density at radius 2 is 1.94 bits per heavy atom. The van der Waals surface area contributed by atoms with Crippen LogP contribution in [0.4, 0.5) is 5.69 Å². The molecule has 0 radical (unpaired) electrons. The summed E-state index contributed by atoms with van der Waals surface area (Å²) in [6.45, 7) is 3.20. The molecule has 0 saturated heterocycles. The van der Waals surface area contributed by atoms with Crippen molar-refractivity contribution in [1.82, 2.24) is 4.98 Å². The fourth-order valence-electron chi connectivity index (χ4n) is 2.48. The molecule has 0 amide bonds. The lowest BCUT2D eigenvalue weighted by Gasteiger charge is -2.15. The molecule has 16 heavy (non-hydrogen) atoms. The highest BCUT2D eigenvalue weighted by atomic mass is 14.9. The minimum atomic E-state index is 0.864. The van der Waals surface area contributed by atoms with E-state index >= 15 is 0 Å². The molecule has 0 spiro atoms. The van der Waals surface area contributed by atoms with E-state index in [0.29, 0.717) is 0 Å². The number of aromatic nitrogens is 1. The Kier molecular flexibility index (Phi) is 4.20. The first-order chi connectivity index (χ1) is 7.84. The number of pyridine rings is 1. The molecule has 1 aliphatic carbocycles. The van der Waals surface area contributed by atoms with Gasteiger partial charge >= 0.3 is 0 Å². The summed E-state index contributed by atoms with van der Waals surface area (Å²) in [4.78, 5) is 4.20. The third kappa shape index (κ3) is 3.51. The molecule has 1 fully saturated rings. The Hall–Kier alpha value is -1.05. The van der Waals surface area contributed by atoms with Gasteiger partial charge < -0.3 is 5.32 Å². The van der Waals surface area contributed by atoms with Gasteiger partial charge in [-0.15, -0.1) is 0 Å². The van der Waals surface area contributed by atoms with Gasteiger partial charge in [-0.1, -0.05) is 25.7 Å². The zero-order valence-corrected chi connectivity index (χ0v) is 10.2. The fraction of sp³-hybridized carbons (Fsp3) is 0.643. The normalized spacial score (nSPS) is 18.1. The van der Waals surface area contributed by atoms with E-state index in [1.807, 2.05) is 12.4 Å². The molecule has 0 unspecified atom stereocenters. The summed E-state index contributed by atoms with van der Waals surface area (Å²) in [6, 6.07) is 2.17. The summed E-state index contributed by atoms with van der Waals surface area (Å²) in [5, 5.41) is 3.52. The molecule has 88 valence electrons. The van der Waals surface area contributed by atoms with Gasteiger partial charge in [-0.2, -0.15) is 0 Å². The second-order valence-corrected chi connectivity index (χ2v) is 4.99. The molecular weight excluding hydrogens is 196 g/mol. The maximum absolute atomic E-state index is 4.20. The van der Waals surface area contributed by atoms with Crippen molar-refractivity contribution < 1.29 is 0 Å². The van der Waals surface area contributed by atoms with Crippen molar-refractivity contribution in [1.29, 1.82) is 0 Å². The monoisotopic (exact) mass is 218 g/mol. The molecule has 0 bridgehead atoms. The van der Waals surface area contributed by atoms with E-state index in [2.05, 4.69) is 23.3 Å². The largest absolute Gasteiger partial charge is 0.384 e. The highest BCUT2D eigenvalue weighted by Gasteiger charge is 2.11. The summed E-state index contributed by atoms with van der Waals surface area (Å²) in [5.41, 5.74) is 2.40. The van der Waals surface area contributed by atoms with Crippen LogP contribution >= 0.6 is 0 Å². The minimum Gasteiger partial charge on any atom is -0.384 e. The van der Waals surface area contributed by atoms with E-state index in [-0.39, 0.29) is 0 Å². The number of rotatable bonds is 3. The van der Waals surface area contributed by atoms with Crippen molar-refractivity contribution in [3.8, 4) is 0 Å². The Balaban J connectivity index is 1.81. The first-order valence-electron chi connectivity index (χ1n) is 6.50. The second-order valence-electron chi connectivity index (χ2n) is 4.99. The van der Waals surface area contributed by atoms with Crippen molar-refractivity contribution >= 4 is 5.69 Å². The molecule has 1 aliphatic rings. The van der Waals surface area contributed by atoms with Gasteiger partial charge in [0, 0.05) is 18.9 Å².